The predicted molar refractivity (Wildman–Crippen MR) is 88.8 cm³/mol. The average molecular weight is 360 g/mol. The monoisotopic (exact) mass is 360 g/mol. The van der Waals surface area contributed by atoms with Crippen LogP contribution < -0.4 is 5.32 Å². The van der Waals surface area contributed by atoms with Crippen LogP contribution in [0.25, 0.3) is 21.3 Å². The number of aromatic nitrogens is 3. The van der Waals surface area contributed by atoms with E-state index in [0.717, 1.165) is 23.5 Å². The molecule has 25 heavy (non-hydrogen) atoms. The van der Waals surface area contributed by atoms with Crippen LogP contribution in [0.2, 0.25) is 0 Å². The summed E-state index contributed by atoms with van der Waals surface area (Å²) in [6, 6.07) is 3.67. The molecule has 0 aliphatic carbocycles. The van der Waals surface area contributed by atoms with Crippen molar-refractivity contribution >= 4 is 43.7 Å². The molecule has 9 heteroatoms. The van der Waals surface area contributed by atoms with E-state index < -0.39 is 17.5 Å². The van der Waals surface area contributed by atoms with Crippen LogP contribution >= 0.6 is 11.3 Å². The molecular weight excluding hydrogens is 350 g/mol. The molecule has 0 spiro atoms. The molecule has 0 aliphatic heterocycles. The third kappa shape index (κ3) is 2.62. The van der Waals surface area contributed by atoms with Crippen molar-refractivity contribution in [3.8, 4) is 0 Å². The van der Waals surface area contributed by atoms with Gasteiger partial charge in [0.25, 0.3) is 11.6 Å². The molecule has 1 N–H and O–H groups in total. The smallest absolute Gasteiger partial charge is 0.258 e. The summed E-state index contributed by atoms with van der Waals surface area (Å²) < 4.78 is 32.1. The SMILES string of the molecule is Cc1cc(C(=O)Nc2nc3cc(F)c(F)cc3s2)c2c(C)noc2n1. The van der Waals surface area contributed by atoms with Gasteiger partial charge in [0.15, 0.2) is 16.8 Å². The van der Waals surface area contributed by atoms with Crippen LogP contribution in [0.1, 0.15) is 21.7 Å². The van der Waals surface area contributed by atoms with E-state index in [4.69, 9.17) is 4.52 Å². The molecule has 3 aromatic heterocycles. The fraction of sp³-hybridized carbons (Fsp3) is 0.125. The van der Waals surface area contributed by atoms with Gasteiger partial charge in [-0.15, -0.1) is 0 Å². The van der Waals surface area contributed by atoms with Gasteiger partial charge in [-0.3, -0.25) is 10.1 Å². The van der Waals surface area contributed by atoms with Crippen molar-refractivity contribution in [1.29, 1.82) is 0 Å². The molecule has 4 aromatic rings. The first-order chi connectivity index (χ1) is 11.9. The highest BCUT2D eigenvalue weighted by Crippen LogP contribution is 2.29. The summed E-state index contributed by atoms with van der Waals surface area (Å²) in [7, 11) is 0. The quantitative estimate of drug-likeness (QED) is 0.585. The first-order valence-electron chi connectivity index (χ1n) is 7.23. The zero-order valence-electron chi connectivity index (χ0n) is 13.1. The Hall–Kier alpha value is -2.94. The van der Waals surface area contributed by atoms with Crippen LogP contribution in [0, 0.1) is 25.5 Å². The second-order valence-electron chi connectivity index (χ2n) is 5.47. The number of anilines is 1. The summed E-state index contributed by atoms with van der Waals surface area (Å²) in [6.07, 6.45) is 0. The summed E-state index contributed by atoms with van der Waals surface area (Å²) in [5, 5.41) is 7.23. The largest absolute Gasteiger partial charge is 0.336 e. The Bertz CT molecular complexity index is 1110. The Morgan fingerprint density at radius 1 is 1.16 bits per heavy atom. The highest BCUT2D eigenvalue weighted by Gasteiger charge is 2.19. The van der Waals surface area contributed by atoms with E-state index in [1.165, 1.54) is 0 Å². The van der Waals surface area contributed by atoms with Crippen molar-refractivity contribution in [2.24, 2.45) is 0 Å². The van der Waals surface area contributed by atoms with E-state index in [1.54, 1.807) is 19.9 Å². The van der Waals surface area contributed by atoms with Crippen LogP contribution in [0.3, 0.4) is 0 Å². The lowest BCUT2D eigenvalue weighted by Gasteiger charge is -2.04. The lowest BCUT2D eigenvalue weighted by Crippen LogP contribution is -2.13. The number of carbonyl (C=O) groups excluding carboxylic acids is 1. The first-order valence-corrected chi connectivity index (χ1v) is 8.04. The maximum absolute atomic E-state index is 13.3. The normalized spacial score (nSPS) is 11.4. The molecule has 1 amide bonds. The molecule has 3 heterocycles. The fourth-order valence-corrected chi connectivity index (χ4v) is 3.41. The van der Waals surface area contributed by atoms with Crippen LogP contribution in [0.5, 0.6) is 0 Å². The number of rotatable bonds is 2. The third-order valence-electron chi connectivity index (χ3n) is 3.64. The van der Waals surface area contributed by atoms with Gasteiger partial charge in [-0.1, -0.05) is 16.5 Å². The van der Waals surface area contributed by atoms with Crippen LogP contribution in [0.4, 0.5) is 13.9 Å². The van der Waals surface area contributed by atoms with Gasteiger partial charge >= 0.3 is 0 Å². The van der Waals surface area contributed by atoms with Crippen molar-refractivity contribution in [1.82, 2.24) is 15.1 Å². The molecule has 4 rings (SSSR count). The van der Waals surface area contributed by atoms with Crippen molar-refractivity contribution in [2.45, 2.75) is 13.8 Å². The number of nitrogens with zero attached hydrogens (tertiary/aromatic N) is 3. The van der Waals surface area contributed by atoms with Gasteiger partial charge in [0.2, 0.25) is 0 Å². The van der Waals surface area contributed by atoms with Crippen LogP contribution in [0.15, 0.2) is 22.7 Å². The summed E-state index contributed by atoms with van der Waals surface area (Å²) in [6.45, 7) is 3.44. The maximum Gasteiger partial charge on any atom is 0.258 e. The van der Waals surface area contributed by atoms with E-state index >= 15 is 0 Å². The number of pyridine rings is 1. The van der Waals surface area contributed by atoms with Crippen molar-refractivity contribution in [2.75, 3.05) is 5.32 Å². The molecule has 0 unspecified atom stereocenters. The second kappa shape index (κ2) is 5.55. The van der Waals surface area contributed by atoms with Crippen LogP contribution in [-0.2, 0) is 0 Å². The van der Waals surface area contributed by atoms with Gasteiger partial charge in [0, 0.05) is 11.8 Å². The van der Waals surface area contributed by atoms with Crippen molar-refractivity contribution in [3.05, 3.63) is 46.8 Å². The Balaban J connectivity index is 1.74. The Morgan fingerprint density at radius 2 is 1.92 bits per heavy atom. The molecule has 1 aromatic carbocycles. The molecule has 0 radical (unpaired) electrons. The summed E-state index contributed by atoms with van der Waals surface area (Å²) in [5.41, 5.74) is 2.04. The third-order valence-corrected chi connectivity index (χ3v) is 4.57. The highest BCUT2D eigenvalue weighted by atomic mass is 32.1. The van der Waals surface area contributed by atoms with Crippen molar-refractivity contribution < 1.29 is 18.1 Å². The number of benzene rings is 1. The Kier molecular flexibility index (Phi) is 3.46. The molecule has 0 atom stereocenters. The Morgan fingerprint density at radius 3 is 2.72 bits per heavy atom. The molecule has 0 bridgehead atoms. The van der Waals surface area contributed by atoms with E-state index in [2.05, 4.69) is 20.4 Å². The zero-order valence-corrected chi connectivity index (χ0v) is 13.9. The van der Waals surface area contributed by atoms with Crippen LogP contribution in [-0.4, -0.2) is 21.0 Å². The van der Waals surface area contributed by atoms with Gasteiger partial charge in [-0.25, -0.2) is 18.7 Å². The minimum Gasteiger partial charge on any atom is -0.336 e. The molecule has 0 saturated heterocycles. The summed E-state index contributed by atoms with van der Waals surface area (Å²) in [4.78, 5) is 21.0. The topological polar surface area (TPSA) is 80.9 Å². The maximum atomic E-state index is 13.3. The van der Waals surface area contributed by atoms with Gasteiger partial charge in [-0.2, -0.15) is 0 Å². The number of nitrogens with one attached hydrogen (secondary N) is 1. The number of hydrogen-bond acceptors (Lipinski definition) is 6. The second-order valence-corrected chi connectivity index (χ2v) is 6.50. The van der Waals surface area contributed by atoms with Gasteiger partial charge in [0.1, 0.15) is 0 Å². The van der Waals surface area contributed by atoms with Gasteiger partial charge < -0.3 is 4.52 Å². The van der Waals surface area contributed by atoms with Gasteiger partial charge in [-0.05, 0) is 26.0 Å². The van der Waals surface area contributed by atoms with E-state index in [9.17, 15) is 13.6 Å². The molecule has 0 saturated carbocycles. The molecule has 0 aliphatic rings. The lowest BCUT2D eigenvalue weighted by atomic mass is 10.1. The molecule has 0 fully saturated rings. The minimum atomic E-state index is -0.984. The minimum absolute atomic E-state index is 0.238. The number of carbonyl (C=O) groups is 1. The average Bonchev–Trinajstić information content (AvgIpc) is 3.10. The number of aryl methyl sites for hydroxylation is 2. The number of amides is 1. The Labute approximate surface area is 143 Å². The highest BCUT2D eigenvalue weighted by molar-refractivity contribution is 7.22. The molecule has 6 nitrogen and oxygen atoms in total. The number of thiazole rings is 1. The lowest BCUT2D eigenvalue weighted by molar-refractivity contribution is 0.102. The van der Waals surface area contributed by atoms with E-state index in [-0.39, 0.29) is 16.4 Å². The van der Waals surface area contributed by atoms with Crippen molar-refractivity contribution in [3.63, 3.8) is 0 Å². The predicted octanol–water partition coefficient (Wildman–Crippen LogP) is 3.98. The first kappa shape index (κ1) is 15.6. The number of hydrogen-bond donors (Lipinski definition) is 1. The number of halogens is 2. The standard InChI is InChI=1S/C16H10F2N4O2S/c1-6-3-8(13-7(2)22-24-15(13)19-6)14(23)21-16-20-11-4-9(17)10(18)5-12(11)25-16/h3-5H,1-2H3,(H,20,21,23). The molecular formula is C16H10F2N4O2S. The fourth-order valence-electron chi connectivity index (χ4n) is 2.54. The van der Waals surface area contributed by atoms with Gasteiger partial charge in [0.05, 0.1) is 26.9 Å². The van der Waals surface area contributed by atoms with E-state index in [0.29, 0.717) is 27.0 Å². The zero-order chi connectivity index (χ0) is 17.7. The summed E-state index contributed by atoms with van der Waals surface area (Å²) in [5.74, 6) is -2.37. The molecule has 126 valence electrons. The summed E-state index contributed by atoms with van der Waals surface area (Å²) >= 11 is 1.05. The van der Waals surface area contributed by atoms with E-state index in [1.807, 2.05) is 0 Å². The number of fused-ring (bicyclic) bond motifs is 2.